The monoisotopic (exact) mass is 539 g/mol. The molecule has 0 atom stereocenters. The molecule has 35 heavy (non-hydrogen) atoms. The van der Waals surface area contributed by atoms with Crippen LogP contribution in [0, 0.1) is 0 Å². The second-order valence-electron chi connectivity index (χ2n) is 7.70. The first-order chi connectivity index (χ1) is 16.7. The van der Waals surface area contributed by atoms with Crippen LogP contribution in [-0.2, 0) is 6.18 Å². The first-order valence-corrected chi connectivity index (χ1v) is 13.6. The van der Waals surface area contributed by atoms with Crippen LogP contribution in [0.1, 0.15) is 16.1 Å². The van der Waals surface area contributed by atoms with E-state index in [-0.39, 0.29) is 5.91 Å². The van der Waals surface area contributed by atoms with E-state index in [1.165, 1.54) is 11.9 Å². The maximum atomic E-state index is 12.8. The summed E-state index contributed by atoms with van der Waals surface area (Å²) in [6, 6.07) is 15.1. The Bertz CT molecular complexity index is 1150. The predicted molar refractivity (Wildman–Crippen MR) is 140 cm³/mol. The van der Waals surface area contributed by atoms with Crippen LogP contribution < -0.4 is 14.5 Å². The van der Waals surface area contributed by atoms with E-state index in [1.807, 2.05) is 65.0 Å². The van der Waals surface area contributed by atoms with E-state index in [9.17, 15) is 18.0 Å². The fourth-order valence-electron chi connectivity index (χ4n) is 3.50. The molecule has 6 nitrogen and oxygen atoms in total. The fourth-order valence-corrected chi connectivity index (χ4v) is 5.64. The number of benzene rings is 2. The van der Waals surface area contributed by atoms with Crippen molar-refractivity contribution in [3.05, 3.63) is 65.2 Å². The predicted octanol–water partition coefficient (Wildman–Crippen LogP) is 5.96. The van der Waals surface area contributed by atoms with E-state index in [4.69, 9.17) is 0 Å². The van der Waals surface area contributed by atoms with Crippen LogP contribution in [0.5, 0.6) is 0 Å². The Morgan fingerprint density at radius 3 is 2.40 bits per heavy atom. The number of anilines is 3. The lowest BCUT2D eigenvalue weighted by molar-refractivity contribution is -0.140. The minimum absolute atomic E-state index is 0.172. The largest absolute Gasteiger partial charge is 0.434 e. The summed E-state index contributed by atoms with van der Waals surface area (Å²) in [6.45, 7) is 2.61. The van der Waals surface area contributed by atoms with Gasteiger partial charge in [-0.2, -0.15) is 13.2 Å². The lowest BCUT2D eigenvalue weighted by Crippen LogP contribution is -2.43. The van der Waals surface area contributed by atoms with Gasteiger partial charge in [0, 0.05) is 55.4 Å². The lowest BCUT2D eigenvalue weighted by atomic mass is 10.1. The Balaban J connectivity index is 1.30. The van der Waals surface area contributed by atoms with Crippen LogP contribution in [0.25, 0.3) is 0 Å². The molecule has 1 amide bonds. The Morgan fingerprint density at radius 1 is 1.09 bits per heavy atom. The molecule has 186 valence electrons. The summed E-state index contributed by atoms with van der Waals surface area (Å²) in [7, 11) is 1.92. The number of piperazine rings is 1. The van der Waals surface area contributed by atoms with Crippen LogP contribution in [0.2, 0.25) is 0 Å². The third kappa shape index (κ3) is 6.43. The van der Waals surface area contributed by atoms with Crippen molar-refractivity contribution in [2.24, 2.45) is 0 Å². The summed E-state index contributed by atoms with van der Waals surface area (Å²) in [5.74, 6) is -0.172. The molecule has 2 heterocycles. The molecule has 12 heteroatoms. The zero-order chi connectivity index (χ0) is 25.0. The second kappa shape index (κ2) is 11.1. The molecular weight excluding hydrogens is 515 g/mol. The number of carbonyl (C=O) groups is 1. The summed E-state index contributed by atoms with van der Waals surface area (Å²) in [5.41, 5.74) is 1.32. The number of carbonyl (C=O) groups excluding carboxylic acids is 1. The molecule has 0 aliphatic carbocycles. The highest BCUT2D eigenvalue weighted by Crippen LogP contribution is 2.34. The summed E-state index contributed by atoms with van der Waals surface area (Å²) in [5, 5.41) is 4.43. The zero-order valence-electron chi connectivity index (χ0n) is 19.1. The molecule has 0 unspecified atom stereocenters. The third-order valence-corrected chi connectivity index (χ3v) is 8.15. The highest BCUT2D eigenvalue weighted by Gasteiger charge is 2.34. The molecule has 0 spiro atoms. The average Bonchev–Trinajstić information content (AvgIpc) is 3.36. The van der Waals surface area contributed by atoms with Crippen molar-refractivity contribution in [1.29, 1.82) is 0 Å². The Kier molecular flexibility index (Phi) is 8.15. The molecule has 4 rings (SSSR count). The maximum absolute atomic E-state index is 12.8. The van der Waals surface area contributed by atoms with Crippen molar-refractivity contribution >= 4 is 57.6 Å². The van der Waals surface area contributed by atoms with Crippen molar-refractivity contribution in [3.8, 4) is 0 Å². The van der Waals surface area contributed by atoms with Gasteiger partial charge in [0.05, 0.1) is 11.3 Å². The molecule has 3 aromatic rings. The number of alkyl halides is 3. The molecule has 1 aliphatic heterocycles. The van der Waals surface area contributed by atoms with Gasteiger partial charge < -0.3 is 14.5 Å². The van der Waals surface area contributed by atoms with Gasteiger partial charge in [0.15, 0.2) is 10.8 Å². The average molecular weight is 540 g/mol. The molecule has 0 radical (unpaired) electrons. The molecule has 1 aliphatic rings. The standard InChI is InChI=1S/C23H24F3N5OS3/c1-29(33-2)19-6-4-3-5-18(19)21(32)27-16-7-9-17(10-8-16)35-31-13-11-30(12-14-31)22-28-20(15-34-22)23(24,25)26/h3-10,15H,11-14H2,1-2H3,(H,27,32). The Hall–Kier alpha value is -2.41. The fraction of sp³-hybridized carbons (Fsp3) is 0.304. The van der Waals surface area contributed by atoms with Gasteiger partial charge in [-0.25, -0.2) is 9.29 Å². The lowest BCUT2D eigenvalue weighted by Gasteiger charge is -2.33. The first kappa shape index (κ1) is 25.7. The van der Waals surface area contributed by atoms with Crippen molar-refractivity contribution in [1.82, 2.24) is 9.29 Å². The first-order valence-electron chi connectivity index (χ1n) is 10.7. The maximum Gasteiger partial charge on any atom is 0.434 e. The van der Waals surface area contributed by atoms with E-state index in [0.717, 1.165) is 27.3 Å². The Morgan fingerprint density at radius 2 is 1.77 bits per heavy atom. The topological polar surface area (TPSA) is 51.7 Å². The van der Waals surface area contributed by atoms with Crippen molar-refractivity contribution in [2.45, 2.75) is 11.1 Å². The second-order valence-corrected chi connectivity index (χ2v) is 10.6. The minimum Gasteiger partial charge on any atom is -0.345 e. The van der Waals surface area contributed by atoms with Gasteiger partial charge in [-0.1, -0.05) is 24.1 Å². The smallest absolute Gasteiger partial charge is 0.345 e. The summed E-state index contributed by atoms with van der Waals surface area (Å²) in [4.78, 5) is 19.5. The summed E-state index contributed by atoms with van der Waals surface area (Å²) < 4.78 is 42.6. The third-order valence-electron chi connectivity index (χ3n) is 5.40. The Labute approximate surface area is 214 Å². The van der Waals surface area contributed by atoms with E-state index >= 15 is 0 Å². The van der Waals surface area contributed by atoms with Gasteiger partial charge in [0.2, 0.25) is 0 Å². The molecule has 0 bridgehead atoms. The van der Waals surface area contributed by atoms with Gasteiger partial charge in [-0.15, -0.1) is 11.3 Å². The molecule has 1 aromatic heterocycles. The molecule has 1 saturated heterocycles. The van der Waals surface area contributed by atoms with Crippen LogP contribution in [-0.4, -0.2) is 54.7 Å². The van der Waals surface area contributed by atoms with Crippen molar-refractivity contribution in [3.63, 3.8) is 0 Å². The highest BCUT2D eigenvalue weighted by molar-refractivity contribution is 7.99. The quantitative estimate of drug-likeness (QED) is 0.372. The SMILES string of the molecule is CSN(C)c1ccccc1C(=O)Nc1ccc(SN2CCN(c3nc(C(F)(F)F)cs3)CC2)cc1. The highest BCUT2D eigenvalue weighted by atomic mass is 32.2. The number of rotatable bonds is 7. The van der Waals surface area contributed by atoms with E-state index in [1.54, 1.807) is 18.0 Å². The van der Waals surface area contributed by atoms with Crippen molar-refractivity contribution < 1.29 is 18.0 Å². The molecule has 2 aromatic carbocycles. The normalized spacial score (nSPS) is 14.7. The van der Waals surface area contributed by atoms with Gasteiger partial charge in [-0.3, -0.25) is 4.79 Å². The van der Waals surface area contributed by atoms with E-state index in [0.29, 0.717) is 42.6 Å². The van der Waals surface area contributed by atoms with Gasteiger partial charge in [0.1, 0.15) is 0 Å². The number of aromatic nitrogens is 1. The number of hydrogen-bond acceptors (Lipinski definition) is 8. The zero-order valence-corrected chi connectivity index (χ0v) is 21.5. The molecule has 0 saturated carbocycles. The van der Waals surface area contributed by atoms with Gasteiger partial charge >= 0.3 is 6.18 Å². The number of para-hydroxylation sites is 1. The van der Waals surface area contributed by atoms with Crippen LogP contribution >= 0.6 is 35.2 Å². The molecule has 1 fully saturated rings. The minimum atomic E-state index is -4.41. The van der Waals surface area contributed by atoms with Crippen LogP contribution in [0.15, 0.2) is 58.8 Å². The number of halogens is 3. The van der Waals surface area contributed by atoms with Crippen LogP contribution in [0.3, 0.4) is 0 Å². The number of nitrogens with zero attached hydrogens (tertiary/aromatic N) is 4. The van der Waals surface area contributed by atoms with Gasteiger partial charge in [0.25, 0.3) is 5.91 Å². The van der Waals surface area contributed by atoms with E-state index < -0.39 is 11.9 Å². The summed E-state index contributed by atoms with van der Waals surface area (Å²) in [6.07, 6.45) is -2.46. The number of hydrogen-bond donors (Lipinski definition) is 1. The van der Waals surface area contributed by atoms with Crippen LogP contribution in [0.4, 0.5) is 29.7 Å². The summed E-state index contributed by atoms with van der Waals surface area (Å²) >= 11 is 4.15. The molecular formula is C23H24F3N5OS3. The van der Waals surface area contributed by atoms with Crippen molar-refractivity contribution in [2.75, 3.05) is 54.0 Å². The number of amides is 1. The molecule has 1 N–H and O–H groups in total. The number of nitrogens with one attached hydrogen (secondary N) is 1. The van der Waals surface area contributed by atoms with E-state index in [2.05, 4.69) is 14.6 Å². The van der Waals surface area contributed by atoms with Gasteiger partial charge in [-0.05, 0) is 48.3 Å². The number of thiazole rings is 1.